The summed E-state index contributed by atoms with van der Waals surface area (Å²) in [5, 5.41) is 5.55. The normalized spacial score (nSPS) is 10.2. The van der Waals surface area contributed by atoms with Gasteiger partial charge in [-0.2, -0.15) is 0 Å². The lowest BCUT2D eigenvalue weighted by Gasteiger charge is -2.10. The molecule has 0 heterocycles. The quantitative estimate of drug-likeness (QED) is 0.886. The Kier molecular flexibility index (Phi) is 4.93. The lowest BCUT2D eigenvalue weighted by molar-refractivity contribution is 0.0954. The maximum absolute atomic E-state index is 13.6. The molecule has 0 aromatic heterocycles. The van der Waals surface area contributed by atoms with Gasteiger partial charge in [0.05, 0.1) is 11.3 Å². The van der Waals surface area contributed by atoms with Crippen molar-refractivity contribution in [2.75, 3.05) is 18.9 Å². The third kappa shape index (κ3) is 3.81. The highest BCUT2D eigenvalue weighted by Crippen LogP contribution is 2.18. The number of halogens is 1. The van der Waals surface area contributed by atoms with Crippen LogP contribution in [0.1, 0.15) is 21.5 Å². The Hall–Kier alpha value is -2.36. The van der Waals surface area contributed by atoms with E-state index < -0.39 is 5.82 Å². The topological polar surface area (TPSA) is 41.1 Å². The van der Waals surface area contributed by atoms with Crippen LogP contribution in [0.25, 0.3) is 0 Å². The predicted molar refractivity (Wildman–Crippen MR) is 83.2 cm³/mol. The van der Waals surface area contributed by atoms with Gasteiger partial charge in [-0.15, -0.1) is 0 Å². The van der Waals surface area contributed by atoms with E-state index in [1.165, 1.54) is 23.3 Å². The van der Waals surface area contributed by atoms with Crippen LogP contribution in [0.15, 0.2) is 42.5 Å². The van der Waals surface area contributed by atoms with Crippen molar-refractivity contribution in [3.63, 3.8) is 0 Å². The number of benzene rings is 2. The number of hydrogen-bond donors (Lipinski definition) is 2. The van der Waals surface area contributed by atoms with E-state index in [-0.39, 0.29) is 11.6 Å². The summed E-state index contributed by atoms with van der Waals surface area (Å²) in [5.41, 5.74) is 2.91. The van der Waals surface area contributed by atoms with Crippen LogP contribution in [0.4, 0.5) is 10.1 Å². The number of carbonyl (C=O) groups excluding carboxylic acids is 1. The summed E-state index contributed by atoms with van der Waals surface area (Å²) in [5.74, 6) is -0.699. The van der Waals surface area contributed by atoms with Crippen LogP contribution in [-0.4, -0.2) is 19.5 Å². The van der Waals surface area contributed by atoms with Gasteiger partial charge in [-0.3, -0.25) is 4.79 Å². The Morgan fingerprint density at radius 3 is 2.67 bits per heavy atom. The molecule has 0 aliphatic rings. The molecule has 0 radical (unpaired) electrons. The molecule has 4 heteroatoms. The van der Waals surface area contributed by atoms with Gasteiger partial charge in [-0.25, -0.2) is 4.39 Å². The van der Waals surface area contributed by atoms with Crippen LogP contribution in [0.3, 0.4) is 0 Å². The molecule has 0 unspecified atom stereocenters. The molecule has 0 bridgehead atoms. The SMILES string of the molecule is CNc1c(F)cccc1C(=O)NCCc1cccc(C)c1. The fourth-order valence-corrected chi connectivity index (χ4v) is 2.25. The average molecular weight is 286 g/mol. The number of rotatable bonds is 5. The number of nitrogens with one attached hydrogen (secondary N) is 2. The second-order valence-corrected chi connectivity index (χ2v) is 4.91. The predicted octanol–water partition coefficient (Wildman–Crippen LogP) is 3.15. The summed E-state index contributed by atoms with van der Waals surface area (Å²) in [6, 6.07) is 12.6. The number of anilines is 1. The van der Waals surface area contributed by atoms with Gasteiger partial charge in [0.2, 0.25) is 0 Å². The van der Waals surface area contributed by atoms with Gasteiger partial charge in [-0.05, 0) is 31.0 Å². The largest absolute Gasteiger partial charge is 0.385 e. The summed E-state index contributed by atoms with van der Waals surface area (Å²) >= 11 is 0. The van der Waals surface area contributed by atoms with Gasteiger partial charge < -0.3 is 10.6 Å². The Balaban J connectivity index is 1.98. The smallest absolute Gasteiger partial charge is 0.253 e. The minimum atomic E-state index is -0.427. The molecule has 2 aromatic carbocycles. The summed E-state index contributed by atoms with van der Waals surface area (Å²) in [4.78, 5) is 12.1. The first-order chi connectivity index (χ1) is 10.1. The highest BCUT2D eigenvalue weighted by atomic mass is 19.1. The van der Waals surface area contributed by atoms with Gasteiger partial charge in [0.1, 0.15) is 5.82 Å². The summed E-state index contributed by atoms with van der Waals surface area (Å²) in [6.07, 6.45) is 0.748. The maximum atomic E-state index is 13.6. The molecule has 3 nitrogen and oxygen atoms in total. The van der Waals surface area contributed by atoms with Gasteiger partial charge in [-0.1, -0.05) is 35.9 Å². The maximum Gasteiger partial charge on any atom is 0.253 e. The molecule has 2 aromatic rings. The number of carbonyl (C=O) groups is 1. The minimum absolute atomic E-state index is 0.227. The van der Waals surface area contributed by atoms with Crippen LogP contribution >= 0.6 is 0 Å². The standard InChI is InChI=1S/C17H19FN2O/c1-12-5-3-6-13(11-12)9-10-20-17(21)14-7-4-8-15(18)16(14)19-2/h3-8,11,19H,9-10H2,1-2H3,(H,20,21). The first kappa shape index (κ1) is 15.0. The number of amides is 1. The van der Waals surface area contributed by atoms with Crippen molar-refractivity contribution in [3.8, 4) is 0 Å². The molecule has 0 saturated carbocycles. The summed E-state index contributed by atoms with van der Waals surface area (Å²) in [6.45, 7) is 2.55. The van der Waals surface area contributed by atoms with Crippen molar-refractivity contribution >= 4 is 11.6 Å². The van der Waals surface area contributed by atoms with Gasteiger partial charge >= 0.3 is 0 Å². The molecule has 0 aliphatic heterocycles. The molecular formula is C17H19FN2O. The van der Waals surface area contributed by atoms with Crippen molar-refractivity contribution in [3.05, 3.63) is 65.0 Å². The van der Waals surface area contributed by atoms with E-state index >= 15 is 0 Å². The summed E-state index contributed by atoms with van der Waals surface area (Å²) < 4.78 is 13.6. The van der Waals surface area contributed by atoms with E-state index in [2.05, 4.69) is 16.7 Å². The molecule has 1 amide bonds. The number of para-hydroxylation sites is 1. The second-order valence-electron chi connectivity index (χ2n) is 4.91. The molecule has 0 aliphatic carbocycles. The Labute approximate surface area is 124 Å². The van der Waals surface area contributed by atoms with Crippen molar-refractivity contribution in [2.45, 2.75) is 13.3 Å². The molecule has 0 saturated heterocycles. The number of hydrogen-bond acceptors (Lipinski definition) is 2. The van der Waals surface area contributed by atoms with Crippen molar-refractivity contribution < 1.29 is 9.18 Å². The lowest BCUT2D eigenvalue weighted by Crippen LogP contribution is -2.26. The summed E-state index contributed by atoms with van der Waals surface area (Å²) in [7, 11) is 1.60. The van der Waals surface area contributed by atoms with Gasteiger partial charge in [0.15, 0.2) is 0 Å². The molecule has 2 N–H and O–H groups in total. The molecule has 21 heavy (non-hydrogen) atoms. The highest BCUT2D eigenvalue weighted by molar-refractivity contribution is 5.99. The van der Waals surface area contributed by atoms with E-state index in [0.717, 1.165) is 6.42 Å². The fraction of sp³-hybridized carbons (Fsp3) is 0.235. The zero-order chi connectivity index (χ0) is 15.2. The third-order valence-corrected chi connectivity index (χ3v) is 3.29. The Morgan fingerprint density at radius 1 is 1.19 bits per heavy atom. The monoisotopic (exact) mass is 286 g/mol. The first-order valence-corrected chi connectivity index (χ1v) is 6.92. The minimum Gasteiger partial charge on any atom is -0.385 e. The van der Waals surface area contributed by atoms with E-state index in [9.17, 15) is 9.18 Å². The van der Waals surface area contributed by atoms with E-state index in [1.54, 1.807) is 13.1 Å². The van der Waals surface area contributed by atoms with Gasteiger partial charge in [0, 0.05) is 13.6 Å². The van der Waals surface area contributed by atoms with E-state index in [0.29, 0.717) is 12.1 Å². The number of aryl methyl sites for hydroxylation is 1. The molecule has 0 spiro atoms. The van der Waals surface area contributed by atoms with Gasteiger partial charge in [0.25, 0.3) is 5.91 Å². The zero-order valence-electron chi connectivity index (χ0n) is 12.2. The van der Waals surface area contributed by atoms with Crippen molar-refractivity contribution in [2.24, 2.45) is 0 Å². The van der Waals surface area contributed by atoms with E-state index in [4.69, 9.17) is 0 Å². The lowest BCUT2D eigenvalue weighted by atomic mass is 10.1. The fourth-order valence-electron chi connectivity index (χ4n) is 2.25. The molecule has 0 fully saturated rings. The highest BCUT2D eigenvalue weighted by Gasteiger charge is 2.13. The Morgan fingerprint density at radius 2 is 1.95 bits per heavy atom. The zero-order valence-corrected chi connectivity index (χ0v) is 12.2. The third-order valence-electron chi connectivity index (χ3n) is 3.29. The molecule has 110 valence electrons. The van der Waals surface area contributed by atoms with Crippen LogP contribution in [-0.2, 0) is 6.42 Å². The van der Waals surface area contributed by atoms with E-state index in [1.807, 2.05) is 25.1 Å². The van der Waals surface area contributed by atoms with Crippen LogP contribution in [0, 0.1) is 12.7 Å². The van der Waals surface area contributed by atoms with Crippen molar-refractivity contribution in [1.82, 2.24) is 5.32 Å². The molecule has 2 rings (SSSR count). The molecule has 0 atom stereocenters. The van der Waals surface area contributed by atoms with Crippen LogP contribution in [0.2, 0.25) is 0 Å². The van der Waals surface area contributed by atoms with Crippen molar-refractivity contribution in [1.29, 1.82) is 0 Å². The second kappa shape index (κ2) is 6.88. The first-order valence-electron chi connectivity index (χ1n) is 6.92. The average Bonchev–Trinajstić information content (AvgIpc) is 2.47. The van der Waals surface area contributed by atoms with Crippen LogP contribution < -0.4 is 10.6 Å². The molecular weight excluding hydrogens is 267 g/mol. The Bertz CT molecular complexity index is 640. The van der Waals surface area contributed by atoms with Crippen LogP contribution in [0.5, 0.6) is 0 Å².